The summed E-state index contributed by atoms with van der Waals surface area (Å²) >= 11 is 0. The number of aryl methyl sites for hydroxylation is 2. The summed E-state index contributed by atoms with van der Waals surface area (Å²) in [4.78, 5) is 37.5. The third kappa shape index (κ3) is 4.71. The van der Waals surface area contributed by atoms with E-state index in [9.17, 15) is 4.79 Å². The van der Waals surface area contributed by atoms with E-state index in [1.807, 2.05) is 25.9 Å². The average molecular weight is 503 g/mol. The number of hydrogen-bond acceptors (Lipinski definition) is 9. The van der Waals surface area contributed by atoms with Gasteiger partial charge in [-0.3, -0.25) is 4.79 Å². The Morgan fingerprint density at radius 1 is 1.19 bits per heavy atom. The zero-order valence-corrected chi connectivity index (χ0v) is 22.4. The second kappa shape index (κ2) is 9.97. The van der Waals surface area contributed by atoms with Gasteiger partial charge >= 0.3 is 0 Å². The standard InChI is InChI=1S/C26H34N10O/c1-7-35-25(17-11-27-16(4)28-12-17)32-23-24(29-14-30-26(23)35)31-18-8-9-20-19(10-18)22(15(2)3)33-36(20)21(37)13-34(5)6/h11-12,14-15,18H,7-10,13H2,1-6H3,(H,29,30,31). The lowest BCUT2D eigenvalue weighted by Crippen LogP contribution is -2.32. The number of nitrogens with one attached hydrogen (secondary N) is 1. The van der Waals surface area contributed by atoms with E-state index in [-0.39, 0.29) is 17.9 Å². The number of imidazole rings is 1. The summed E-state index contributed by atoms with van der Waals surface area (Å²) in [6.07, 6.45) is 7.58. The van der Waals surface area contributed by atoms with Gasteiger partial charge in [-0.1, -0.05) is 13.8 Å². The van der Waals surface area contributed by atoms with Crippen molar-refractivity contribution in [3.8, 4) is 11.4 Å². The molecule has 0 radical (unpaired) electrons. The first kappa shape index (κ1) is 24.9. The van der Waals surface area contributed by atoms with Crippen molar-refractivity contribution < 1.29 is 4.79 Å². The molecule has 11 nitrogen and oxygen atoms in total. The minimum absolute atomic E-state index is 0.00906. The van der Waals surface area contributed by atoms with Gasteiger partial charge in [0.2, 0.25) is 0 Å². The fraction of sp³-hybridized carbons (Fsp3) is 0.500. The van der Waals surface area contributed by atoms with Crippen LogP contribution in [0.2, 0.25) is 0 Å². The van der Waals surface area contributed by atoms with Crippen LogP contribution in [0.5, 0.6) is 0 Å². The maximum atomic E-state index is 12.9. The Kier molecular flexibility index (Phi) is 6.72. The van der Waals surface area contributed by atoms with Crippen molar-refractivity contribution in [2.75, 3.05) is 26.0 Å². The Bertz CT molecular complexity index is 1430. The molecule has 11 heteroatoms. The van der Waals surface area contributed by atoms with E-state index in [0.29, 0.717) is 24.7 Å². The van der Waals surface area contributed by atoms with Crippen molar-refractivity contribution in [3.63, 3.8) is 0 Å². The van der Waals surface area contributed by atoms with Crippen LogP contribution in [0.1, 0.15) is 60.7 Å². The molecule has 4 heterocycles. The lowest BCUT2D eigenvalue weighted by atomic mass is 9.89. The van der Waals surface area contributed by atoms with Crippen LogP contribution in [-0.4, -0.2) is 76.8 Å². The highest BCUT2D eigenvalue weighted by Crippen LogP contribution is 2.32. The summed E-state index contributed by atoms with van der Waals surface area (Å²) in [5, 5.41) is 8.40. The summed E-state index contributed by atoms with van der Waals surface area (Å²) in [6, 6.07) is 0.141. The summed E-state index contributed by atoms with van der Waals surface area (Å²) < 4.78 is 3.70. The van der Waals surface area contributed by atoms with Crippen LogP contribution in [0, 0.1) is 6.92 Å². The molecule has 0 saturated carbocycles. The van der Waals surface area contributed by atoms with Crippen LogP contribution in [0.4, 0.5) is 5.82 Å². The minimum Gasteiger partial charge on any atom is -0.365 e. The van der Waals surface area contributed by atoms with Crippen molar-refractivity contribution in [1.82, 2.24) is 44.2 Å². The molecular formula is C26H34N10O. The molecule has 1 aliphatic rings. The molecule has 0 amide bonds. The molecule has 5 rings (SSSR count). The highest BCUT2D eigenvalue weighted by Gasteiger charge is 2.30. The predicted octanol–water partition coefficient (Wildman–Crippen LogP) is 3.10. The number of likely N-dealkylation sites (N-methyl/N-ethyl adjacent to an activating group) is 1. The number of fused-ring (bicyclic) bond motifs is 2. The van der Waals surface area contributed by atoms with Gasteiger partial charge in [-0.2, -0.15) is 5.10 Å². The number of hydrogen-bond donors (Lipinski definition) is 1. The molecule has 1 atom stereocenters. The molecule has 1 unspecified atom stereocenters. The molecular weight excluding hydrogens is 468 g/mol. The Morgan fingerprint density at radius 2 is 1.95 bits per heavy atom. The van der Waals surface area contributed by atoms with Gasteiger partial charge in [0.05, 0.1) is 23.5 Å². The van der Waals surface area contributed by atoms with Gasteiger partial charge in [0.15, 0.2) is 17.0 Å². The average Bonchev–Trinajstić information content (AvgIpc) is 3.43. The van der Waals surface area contributed by atoms with Crippen molar-refractivity contribution >= 4 is 22.9 Å². The van der Waals surface area contributed by atoms with Gasteiger partial charge in [0, 0.05) is 25.0 Å². The lowest BCUT2D eigenvalue weighted by Gasteiger charge is -2.25. The lowest BCUT2D eigenvalue weighted by molar-refractivity contribution is 0.0855. The molecule has 0 aliphatic heterocycles. The second-order valence-electron chi connectivity index (χ2n) is 10.2. The Balaban J connectivity index is 1.47. The molecule has 1 N–H and O–H groups in total. The minimum atomic E-state index is 0.00906. The first-order chi connectivity index (χ1) is 17.8. The maximum absolute atomic E-state index is 12.9. The molecule has 1 aliphatic carbocycles. The highest BCUT2D eigenvalue weighted by molar-refractivity contribution is 5.86. The molecule has 4 aromatic rings. The van der Waals surface area contributed by atoms with E-state index in [2.05, 4.69) is 50.6 Å². The topological polar surface area (TPSA) is 120 Å². The maximum Gasteiger partial charge on any atom is 0.261 e. The largest absolute Gasteiger partial charge is 0.365 e. The zero-order chi connectivity index (χ0) is 26.3. The predicted molar refractivity (Wildman–Crippen MR) is 142 cm³/mol. The third-order valence-corrected chi connectivity index (χ3v) is 6.76. The van der Waals surface area contributed by atoms with E-state index < -0.39 is 0 Å². The first-order valence-electron chi connectivity index (χ1n) is 12.8. The van der Waals surface area contributed by atoms with Gasteiger partial charge < -0.3 is 14.8 Å². The van der Waals surface area contributed by atoms with Crippen LogP contribution in [0.15, 0.2) is 18.7 Å². The van der Waals surface area contributed by atoms with Gasteiger partial charge in [0.1, 0.15) is 18.0 Å². The van der Waals surface area contributed by atoms with E-state index in [1.165, 1.54) is 5.56 Å². The SMILES string of the molecule is CCn1c(-c2cnc(C)nc2)nc2c(NC3CCc4c(c(C(C)C)nn4C(=O)CN(C)C)C3)ncnc21. The molecule has 4 aromatic heterocycles. The van der Waals surface area contributed by atoms with Crippen LogP contribution < -0.4 is 5.32 Å². The molecule has 37 heavy (non-hydrogen) atoms. The van der Waals surface area contributed by atoms with Crippen LogP contribution in [0.25, 0.3) is 22.6 Å². The summed E-state index contributed by atoms with van der Waals surface area (Å²) in [6.45, 7) is 9.23. The van der Waals surface area contributed by atoms with Gasteiger partial charge in [0.25, 0.3) is 5.91 Å². The number of carbonyl (C=O) groups excluding carboxylic acids is 1. The second-order valence-corrected chi connectivity index (χ2v) is 10.2. The third-order valence-electron chi connectivity index (χ3n) is 6.76. The summed E-state index contributed by atoms with van der Waals surface area (Å²) in [5.41, 5.74) is 5.56. The number of carbonyl (C=O) groups is 1. The molecule has 0 aromatic carbocycles. The quantitative estimate of drug-likeness (QED) is 0.406. The van der Waals surface area contributed by atoms with Crippen molar-refractivity contribution in [1.29, 1.82) is 0 Å². The molecule has 0 bridgehead atoms. The number of rotatable bonds is 7. The molecule has 194 valence electrons. The highest BCUT2D eigenvalue weighted by atomic mass is 16.2. The summed E-state index contributed by atoms with van der Waals surface area (Å²) in [7, 11) is 3.80. The van der Waals surface area contributed by atoms with Gasteiger partial charge in [-0.25, -0.2) is 29.6 Å². The van der Waals surface area contributed by atoms with Crippen LogP contribution in [0.3, 0.4) is 0 Å². The van der Waals surface area contributed by atoms with Gasteiger partial charge in [-0.15, -0.1) is 0 Å². The van der Waals surface area contributed by atoms with Crippen molar-refractivity contribution in [2.45, 2.75) is 65.5 Å². The Morgan fingerprint density at radius 3 is 2.62 bits per heavy atom. The molecule has 0 saturated heterocycles. The van der Waals surface area contributed by atoms with E-state index in [0.717, 1.165) is 53.2 Å². The van der Waals surface area contributed by atoms with Gasteiger partial charge in [-0.05, 0) is 58.7 Å². The van der Waals surface area contributed by atoms with E-state index in [1.54, 1.807) is 23.4 Å². The Hall–Kier alpha value is -3.73. The Labute approximate surface area is 216 Å². The monoisotopic (exact) mass is 502 g/mol. The number of nitrogens with zero attached hydrogens (tertiary/aromatic N) is 9. The van der Waals surface area contributed by atoms with Crippen LogP contribution in [-0.2, 0) is 19.4 Å². The smallest absolute Gasteiger partial charge is 0.261 e. The number of anilines is 1. The van der Waals surface area contributed by atoms with Crippen molar-refractivity contribution in [3.05, 3.63) is 41.5 Å². The molecule has 0 spiro atoms. The molecule has 0 fully saturated rings. The van der Waals surface area contributed by atoms with Crippen molar-refractivity contribution in [2.24, 2.45) is 0 Å². The first-order valence-corrected chi connectivity index (χ1v) is 12.8. The fourth-order valence-electron chi connectivity index (χ4n) is 5.04. The van der Waals surface area contributed by atoms with E-state index in [4.69, 9.17) is 10.1 Å². The number of aromatic nitrogens is 8. The van der Waals surface area contributed by atoms with Crippen LogP contribution >= 0.6 is 0 Å². The summed E-state index contributed by atoms with van der Waals surface area (Å²) in [5.74, 6) is 2.44. The fourth-order valence-corrected chi connectivity index (χ4v) is 5.04. The zero-order valence-electron chi connectivity index (χ0n) is 22.4. The normalized spacial score (nSPS) is 15.5. The van der Waals surface area contributed by atoms with E-state index >= 15 is 0 Å².